The highest BCUT2D eigenvalue weighted by atomic mass is 32.2. The second-order valence-corrected chi connectivity index (χ2v) is 7.16. The first-order valence-corrected chi connectivity index (χ1v) is 9.32. The first-order chi connectivity index (χ1) is 11.9. The molecule has 122 valence electrons. The van der Waals surface area contributed by atoms with Crippen molar-refractivity contribution in [1.82, 2.24) is 15.3 Å². The quantitative estimate of drug-likeness (QED) is 0.762. The van der Waals surface area contributed by atoms with Crippen LogP contribution in [0.1, 0.15) is 16.6 Å². The molecule has 0 radical (unpaired) electrons. The van der Waals surface area contributed by atoms with Crippen LogP contribution in [0.3, 0.4) is 0 Å². The first kappa shape index (κ1) is 15.4. The average molecular weight is 336 g/mol. The highest BCUT2D eigenvalue weighted by molar-refractivity contribution is 7.99. The fourth-order valence-corrected chi connectivity index (χ4v) is 3.92. The van der Waals surface area contributed by atoms with Crippen molar-refractivity contribution < 1.29 is 0 Å². The molecule has 1 saturated heterocycles. The highest BCUT2D eigenvalue weighted by Crippen LogP contribution is 2.31. The predicted octanol–water partition coefficient (Wildman–Crippen LogP) is 3.62. The number of hydrogen-bond acceptors (Lipinski definition) is 5. The molecule has 0 amide bonds. The van der Waals surface area contributed by atoms with Gasteiger partial charge in [0.2, 0.25) is 0 Å². The molecule has 0 spiro atoms. The lowest BCUT2D eigenvalue weighted by molar-refractivity contribution is 0.670. The molecule has 1 fully saturated rings. The van der Waals surface area contributed by atoms with Crippen molar-refractivity contribution in [3.05, 3.63) is 66.0 Å². The van der Waals surface area contributed by atoms with E-state index in [0.717, 1.165) is 47.9 Å². The number of anilines is 1. The van der Waals surface area contributed by atoms with E-state index in [-0.39, 0.29) is 0 Å². The summed E-state index contributed by atoms with van der Waals surface area (Å²) in [5.74, 6) is 2.94. The van der Waals surface area contributed by atoms with Gasteiger partial charge in [0.05, 0.1) is 10.8 Å². The van der Waals surface area contributed by atoms with Gasteiger partial charge in [-0.1, -0.05) is 42.5 Å². The molecule has 0 aliphatic carbocycles. The number of hydrogen-bond donors (Lipinski definition) is 2. The fraction of sp³-hybridized carbons (Fsp3) is 0.263. The number of para-hydroxylation sites is 1. The minimum atomic E-state index is 0.320. The number of nitrogens with one attached hydrogen (secondary N) is 2. The summed E-state index contributed by atoms with van der Waals surface area (Å²) in [4.78, 5) is 9.66. The molecule has 1 aliphatic heterocycles. The van der Waals surface area contributed by atoms with Crippen LogP contribution >= 0.6 is 11.8 Å². The van der Waals surface area contributed by atoms with Gasteiger partial charge in [0.15, 0.2) is 0 Å². The van der Waals surface area contributed by atoms with E-state index >= 15 is 0 Å². The highest BCUT2D eigenvalue weighted by Gasteiger charge is 2.20. The second-order valence-electron chi connectivity index (χ2n) is 5.85. The van der Waals surface area contributed by atoms with E-state index in [2.05, 4.69) is 47.0 Å². The summed E-state index contributed by atoms with van der Waals surface area (Å²) in [6.45, 7) is 2.76. The maximum absolute atomic E-state index is 4.86. The third-order valence-electron chi connectivity index (χ3n) is 4.14. The van der Waals surface area contributed by atoms with E-state index in [9.17, 15) is 0 Å². The molecule has 2 aromatic carbocycles. The number of aromatic nitrogens is 2. The van der Waals surface area contributed by atoms with E-state index in [1.807, 2.05) is 30.0 Å². The Morgan fingerprint density at radius 3 is 2.71 bits per heavy atom. The molecule has 4 rings (SSSR count). The molecule has 1 aliphatic rings. The van der Waals surface area contributed by atoms with E-state index in [1.165, 1.54) is 5.56 Å². The summed E-state index contributed by atoms with van der Waals surface area (Å²) >= 11 is 1.93. The van der Waals surface area contributed by atoms with Crippen LogP contribution in [0.2, 0.25) is 0 Å². The van der Waals surface area contributed by atoms with Gasteiger partial charge in [0.1, 0.15) is 11.6 Å². The SMILES string of the molecule is c1ccc(CNc2nc(C3CNCCS3)nc3ccccc23)cc1. The van der Waals surface area contributed by atoms with Crippen LogP contribution < -0.4 is 10.6 Å². The Hall–Kier alpha value is -2.11. The molecule has 3 aromatic rings. The minimum Gasteiger partial charge on any atom is -0.365 e. The molecular formula is C19H20N4S. The summed E-state index contributed by atoms with van der Waals surface area (Å²) in [7, 11) is 0. The number of nitrogens with zero attached hydrogens (tertiary/aromatic N) is 2. The number of rotatable bonds is 4. The average Bonchev–Trinajstić information content (AvgIpc) is 2.67. The molecule has 5 heteroatoms. The second kappa shape index (κ2) is 7.20. The first-order valence-electron chi connectivity index (χ1n) is 8.27. The third-order valence-corrected chi connectivity index (χ3v) is 5.36. The van der Waals surface area contributed by atoms with Crippen LogP contribution in [-0.2, 0) is 6.54 Å². The van der Waals surface area contributed by atoms with Crippen LogP contribution in [0.25, 0.3) is 10.9 Å². The van der Waals surface area contributed by atoms with Crippen molar-refractivity contribution in [3.63, 3.8) is 0 Å². The van der Waals surface area contributed by atoms with E-state index in [0.29, 0.717) is 5.25 Å². The van der Waals surface area contributed by atoms with E-state index in [4.69, 9.17) is 9.97 Å². The lowest BCUT2D eigenvalue weighted by Gasteiger charge is -2.22. The van der Waals surface area contributed by atoms with Crippen LogP contribution in [0.5, 0.6) is 0 Å². The monoisotopic (exact) mass is 336 g/mol. The van der Waals surface area contributed by atoms with Gasteiger partial charge in [-0.05, 0) is 17.7 Å². The van der Waals surface area contributed by atoms with Crippen molar-refractivity contribution in [2.45, 2.75) is 11.8 Å². The summed E-state index contributed by atoms with van der Waals surface area (Å²) in [6.07, 6.45) is 0. The topological polar surface area (TPSA) is 49.8 Å². The van der Waals surface area contributed by atoms with Crippen LogP contribution in [0.15, 0.2) is 54.6 Å². The van der Waals surface area contributed by atoms with Gasteiger partial charge in [-0.25, -0.2) is 9.97 Å². The summed E-state index contributed by atoms with van der Waals surface area (Å²) in [6, 6.07) is 18.6. The van der Waals surface area contributed by atoms with Gasteiger partial charge >= 0.3 is 0 Å². The van der Waals surface area contributed by atoms with Crippen molar-refractivity contribution in [2.75, 3.05) is 24.2 Å². The van der Waals surface area contributed by atoms with Crippen LogP contribution in [-0.4, -0.2) is 28.8 Å². The minimum absolute atomic E-state index is 0.320. The van der Waals surface area contributed by atoms with Gasteiger partial charge in [0, 0.05) is 30.8 Å². The number of thioether (sulfide) groups is 1. The molecule has 1 unspecified atom stereocenters. The lowest BCUT2D eigenvalue weighted by Crippen LogP contribution is -2.29. The zero-order chi connectivity index (χ0) is 16.2. The Morgan fingerprint density at radius 1 is 1.04 bits per heavy atom. The van der Waals surface area contributed by atoms with E-state index < -0.39 is 0 Å². The summed E-state index contributed by atoms with van der Waals surface area (Å²) in [5, 5.41) is 8.34. The Labute approximate surface area is 146 Å². The van der Waals surface area contributed by atoms with E-state index in [1.54, 1.807) is 0 Å². The fourth-order valence-electron chi connectivity index (χ4n) is 2.89. The molecule has 1 atom stereocenters. The molecule has 0 saturated carbocycles. The molecule has 2 heterocycles. The Morgan fingerprint density at radius 2 is 1.88 bits per heavy atom. The summed E-state index contributed by atoms with van der Waals surface area (Å²) in [5.41, 5.74) is 2.25. The number of benzene rings is 2. The zero-order valence-corrected chi connectivity index (χ0v) is 14.2. The van der Waals surface area contributed by atoms with Gasteiger partial charge in [-0.3, -0.25) is 0 Å². The maximum atomic E-state index is 4.86. The molecule has 1 aromatic heterocycles. The smallest absolute Gasteiger partial charge is 0.145 e. The number of fused-ring (bicyclic) bond motifs is 1. The predicted molar refractivity (Wildman–Crippen MR) is 101 cm³/mol. The molecule has 2 N–H and O–H groups in total. The normalized spacial score (nSPS) is 17.8. The van der Waals surface area contributed by atoms with Gasteiger partial charge in [-0.15, -0.1) is 11.8 Å². The molecule has 24 heavy (non-hydrogen) atoms. The zero-order valence-electron chi connectivity index (χ0n) is 13.4. The largest absolute Gasteiger partial charge is 0.365 e. The van der Waals surface area contributed by atoms with Crippen LogP contribution in [0.4, 0.5) is 5.82 Å². The lowest BCUT2D eigenvalue weighted by atomic mass is 10.2. The van der Waals surface area contributed by atoms with Gasteiger partial charge in [0.25, 0.3) is 0 Å². The Balaban J connectivity index is 1.66. The molecular weight excluding hydrogens is 316 g/mol. The Bertz CT molecular complexity index is 816. The van der Waals surface area contributed by atoms with Gasteiger partial charge in [-0.2, -0.15) is 0 Å². The maximum Gasteiger partial charge on any atom is 0.145 e. The summed E-state index contributed by atoms with van der Waals surface area (Å²) < 4.78 is 0. The van der Waals surface area contributed by atoms with Crippen molar-refractivity contribution >= 4 is 28.5 Å². The van der Waals surface area contributed by atoms with Crippen molar-refractivity contribution in [3.8, 4) is 0 Å². The van der Waals surface area contributed by atoms with Crippen molar-refractivity contribution in [1.29, 1.82) is 0 Å². The van der Waals surface area contributed by atoms with Gasteiger partial charge < -0.3 is 10.6 Å². The molecule has 4 nitrogen and oxygen atoms in total. The van der Waals surface area contributed by atoms with Crippen LogP contribution in [0, 0.1) is 0 Å². The molecule has 0 bridgehead atoms. The standard InChI is InChI=1S/C19H20N4S/c1-2-6-14(7-3-1)12-21-18-15-8-4-5-9-16(15)22-19(23-18)17-13-20-10-11-24-17/h1-9,17,20H,10-13H2,(H,21,22,23). The Kier molecular flexibility index (Phi) is 4.62. The van der Waals surface area contributed by atoms with Crippen molar-refractivity contribution in [2.24, 2.45) is 0 Å². The third kappa shape index (κ3) is 3.37.